The molecule has 1 aromatic heterocycles. The Balaban J connectivity index is 2.67. The Morgan fingerprint density at radius 2 is 2.06 bits per heavy atom. The van der Waals surface area contributed by atoms with Crippen molar-refractivity contribution in [2.45, 2.75) is 5.75 Å². The predicted molar refractivity (Wildman–Crippen MR) is 64.1 cm³/mol. The highest BCUT2D eigenvalue weighted by molar-refractivity contribution is 7.79. The number of hydrogen-bond acceptors (Lipinski definition) is 4. The van der Waals surface area contributed by atoms with Crippen LogP contribution < -0.4 is 5.56 Å². The lowest BCUT2D eigenvalue weighted by Crippen LogP contribution is -2.22. The summed E-state index contributed by atoms with van der Waals surface area (Å²) in [6.07, 6.45) is 0. The van der Waals surface area contributed by atoms with E-state index in [-0.39, 0.29) is 22.9 Å². The van der Waals surface area contributed by atoms with Gasteiger partial charge in [0.15, 0.2) is 5.82 Å². The van der Waals surface area contributed by atoms with Gasteiger partial charge in [-0.2, -0.15) is 22.4 Å². The molecule has 0 unspecified atom stereocenters. The summed E-state index contributed by atoms with van der Waals surface area (Å²) in [6.45, 7) is 0. The highest BCUT2D eigenvalue weighted by atomic mass is 32.1. The van der Waals surface area contributed by atoms with Gasteiger partial charge in [0, 0.05) is 17.9 Å². The Morgan fingerprint density at radius 1 is 1.33 bits per heavy atom. The average molecular weight is 270 g/mol. The van der Waals surface area contributed by atoms with Crippen molar-refractivity contribution in [2.24, 2.45) is 0 Å². The van der Waals surface area contributed by atoms with Crippen molar-refractivity contribution in [1.82, 2.24) is 9.78 Å². The van der Waals surface area contributed by atoms with Gasteiger partial charge in [-0.1, -0.05) is 0 Å². The fourth-order valence-corrected chi connectivity index (χ4v) is 1.65. The van der Waals surface area contributed by atoms with Gasteiger partial charge in [-0.15, -0.1) is 0 Å². The largest absolute Gasteiger partial charge is 0.506 e. The Labute approximate surface area is 106 Å². The average Bonchev–Trinajstić information content (AvgIpc) is 2.30. The second-order valence-corrected chi connectivity index (χ2v) is 3.80. The number of hydrogen-bond donors (Lipinski definition) is 2. The molecule has 1 heterocycles. The molecule has 2 rings (SSSR count). The van der Waals surface area contributed by atoms with E-state index in [0.29, 0.717) is 6.07 Å². The van der Waals surface area contributed by atoms with E-state index in [1.807, 2.05) is 0 Å². The van der Waals surface area contributed by atoms with Crippen molar-refractivity contribution in [3.8, 4) is 11.4 Å². The topological polar surface area (TPSA) is 55.1 Å². The van der Waals surface area contributed by atoms with Gasteiger partial charge in [0.05, 0.1) is 0 Å². The molecule has 4 nitrogen and oxygen atoms in total. The predicted octanol–water partition coefficient (Wildman–Crippen LogP) is 1.65. The maximum absolute atomic E-state index is 13.5. The van der Waals surface area contributed by atoms with E-state index in [2.05, 4.69) is 17.7 Å². The fraction of sp³-hybridized carbons (Fsp3) is 0.0909. The van der Waals surface area contributed by atoms with Gasteiger partial charge in [-0.3, -0.25) is 4.79 Å². The van der Waals surface area contributed by atoms with Crippen molar-refractivity contribution in [1.29, 1.82) is 0 Å². The molecule has 94 valence electrons. The summed E-state index contributed by atoms with van der Waals surface area (Å²) in [6, 6.07) is 3.66. The van der Waals surface area contributed by atoms with Gasteiger partial charge >= 0.3 is 0 Å². The van der Waals surface area contributed by atoms with Gasteiger partial charge in [0.25, 0.3) is 5.56 Å². The second kappa shape index (κ2) is 4.77. The maximum Gasteiger partial charge on any atom is 0.275 e. The molecule has 0 amide bonds. The highest BCUT2D eigenvalue weighted by Crippen LogP contribution is 2.16. The summed E-state index contributed by atoms with van der Waals surface area (Å²) < 4.78 is 27.1. The molecule has 0 radical (unpaired) electrons. The summed E-state index contributed by atoms with van der Waals surface area (Å²) in [4.78, 5) is 11.6. The van der Waals surface area contributed by atoms with Crippen molar-refractivity contribution in [3.63, 3.8) is 0 Å². The number of nitrogens with zero attached hydrogens (tertiary/aromatic N) is 2. The molecule has 0 aliphatic heterocycles. The zero-order valence-electron chi connectivity index (χ0n) is 8.97. The first-order chi connectivity index (χ1) is 8.52. The molecular formula is C11H8F2N2O2S. The Kier molecular flexibility index (Phi) is 3.33. The van der Waals surface area contributed by atoms with Crippen LogP contribution in [-0.2, 0) is 5.75 Å². The van der Waals surface area contributed by atoms with Crippen molar-refractivity contribution >= 4 is 12.6 Å². The minimum atomic E-state index is -0.916. The SMILES string of the molecule is O=c1cc(O)c(CS)nn1-c1ccc(F)cc1F. The van der Waals surface area contributed by atoms with Crippen molar-refractivity contribution in [3.05, 3.63) is 51.9 Å². The number of aromatic hydroxyl groups is 1. The van der Waals surface area contributed by atoms with Crippen LogP contribution in [0.2, 0.25) is 0 Å². The second-order valence-electron chi connectivity index (χ2n) is 3.48. The third kappa shape index (κ3) is 2.21. The van der Waals surface area contributed by atoms with E-state index < -0.39 is 17.2 Å². The van der Waals surface area contributed by atoms with E-state index in [0.717, 1.165) is 22.9 Å². The Morgan fingerprint density at radius 3 is 2.67 bits per heavy atom. The highest BCUT2D eigenvalue weighted by Gasteiger charge is 2.12. The van der Waals surface area contributed by atoms with Gasteiger partial charge in [0.2, 0.25) is 0 Å². The Hall–Kier alpha value is -1.89. The van der Waals surface area contributed by atoms with Gasteiger partial charge in [-0.05, 0) is 12.1 Å². The first kappa shape index (κ1) is 12.6. The number of halogens is 2. The van der Waals surface area contributed by atoms with Gasteiger partial charge in [-0.25, -0.2) is 8.78 Å². The minimum Gasteiger partial charge on any atom is -0.506 e. The number of rotatable bonds is 2. The van der Waals surface area contributed by atoms with Crippen LogP contribution in [-0.4, -0.2) is 14.9 Å². The standard InChI is InChI=1S/C11H8F2N2O2S/c12-6-1-2-9(7(13)3-6)15-11(17)4-10(16)8(5-18)14-15/h1-4,16,18H,5H2. The van der Waals surface area contributed by atoms with Crippen LogP contribution in [0.4, 0.5) is 8.78 Å². The molecule has 7 heteroatoms. The summed E-state index contributed by atoms with van der Waals surface area (Å²) in [5, 5.41) is 13.2. The summed E-state index contributed by atoms with van der Waals surface area (Å²) in [5.41, 5.74) is -0.783. The maximum atomic E-state index is 13.5. The van der Waals surface area contributed by atoms with Gasteiger partial charge < -0.3 is 5.11 Å². The molecule has 0 bridgehead atoms. The molecule has 0 aliphatic carbocycles. The van der Waals surface area contributed by atoms with Crippen LogP contribution >= 0.6 is 12.6 Å². The van der Waals surface area contributed by atoms with Gasteiger partial charge in [0.1, 0.15) is 22.9 Å². The molecule has 1 N–H and O–H groups in total. The van der Waals surface area contributed by atoms with E-state index in [9.17, 15) is 18.7 Å². The smallest absolute Gasteiger partial charge is 0.275 e. The van der Waals surface area contributed by atoms with Crippen LogP contribution in [0, 0.1) is 11.6 Å². The van der Waals surface area contributed by atoms with E-state index in [4.69, 9.17) is 0 Å². The molecule has 2 aromatic rings. The summed E-state index contributed by atoms with van der Waals surface area (Å²) in [5.74, 6) is -1.90. The van der Waals surface area contributed by atoms with Crippen LogP contribution in [0.5, 0.6) is 5.75 Å². The first-order valence-corrected chi connectivity index (χ1v) is 5.54. The lowest BCUT2D eigenvalue weighted by atomic mass is 10.3. The normalized spacial score (nSPS) is 10.6. The van der Waals surface area contributed by atoms with Crippen LogP contribution in [0.1, 0.15) is 5.69 Å². The number of thiol groups is 1. The molecule has 0 aliphatic rings. The van der Waals surface area contributed by atoms with Crippen LogP contribution in [0.25, 0.3) is 5.69 Å². The lowest BCUT2D eigenvalue weighted by Gasteiger charge is -2.08. The number of benzene rings is 1. The lowest BCUT2D eigenvalue weighted by molar-refractivity contribution is 0.459. The zero-order chi connectivity index (χ0) is 13.3. The van der Waals surface area contributed by atoms with Crippen LogP contribution in [0.15, 0.2) is 29.1 Å². The van der Waals surface area contributed by atoms with Crippen LogP contribution in [0.3, 0.4) is 0 Å². The minimum absolute atomic E-state index is 0.0783. The Bertz CT molecular complexity index is 658. The zero-order valence-corrected chi connectivity index (χ0v) is 9.86. The van der Waals surface area contributed by atoms with E-state index >= 15 is 0 Å². The quantitative estimate of drug-likeness (QED) is 0.816. The molecular weight excluding hydrogens is 262 g/mol. The molecule has 0 saturated carbocycles. The fourth-order valence-electron chi connectivity index (χ4n) is 1.42. The van der Waals surface area contributed by atoms with E-state index in [1.54, 1.807) is 0 Å². The van der Waals surface area contributed by atoms with E-state index in [1.165, 1.54) is 0 Å². The summed E-state index contributed by atoms with van der Waals surface area (Å²) >= 11 is 3.92. The monoisotopic (exact) mass is 270 g/mol. The first-order valence-electron chi connectivity index (χ1n) is 4.91. The molecule has 0 saturated heterocycles. The molecule has 18 heavy (non-hydrogen) atoms. The van der Waals surface area contributed by atoms with Crippen molar-refractivity contribution in [2.75, 3.05) is 0 Å². The third-order valence-corrected chi connectivity index (χ3v) is 2.57. The molecule has 0 atom stereocenters. The van der Waals surface area contributed by atoms with Crippen molar-refractivity contribution < 1.29 is 13.9 Å². The molecule has 0 fully saturated rings. The summed E-state index contributed by atoms with van der Waals surface area (Å²) in [7, 11) is 0. The number of aromatic nitrogens is 2. The molecule has 1 aromatic carbocycles. The molecule has 0 spiro atoms. The third-order valence-electron chi connectivity index (χ3n) is 2.27.